The summed E-state index contributed by atoms with van der Waals surface area (Å²) in [4.78, 5) is 0.179. The zero-order valence-electron chi connectivity index (χ0n) is 12.3. The average molecular weight is 308 g/mol. The molecule has 1 atom stereocenters. The van der Waals surface area contributed by atoms with Gasteiger partial charge in [-0.15, -0.1) is 0 Å². The minimum atomic E-state index is -3.72. The summed E-state index contributed by atoms with van der Waals surface area (Å²) >= 11 is 0. The van der Waals surface area contributed by atoms with Gasteiger partial charge in [0.05, 0.1) is 16.9 Å². The number of aromatic amines is 1. The monoisotopic (exact) mass is 308 g/mol. The second-order valence-corrected chi connectivity index (χ2v) is 6.89. The Morgan fingerprint density at radius 1 is 1.29 bits per heavy atom. The summed E-state index contributed by atoms with van der Waals surface area (Å²) in [7, 11) is -3.72. The molecule has 7 heteroatoms. The van der Waals surface area contributed by atoms with E-state index in [1.807, 2.05) is 30.3 Å². The van der Waals surface area contributed by atoms with Gasteiger partial charge in [0.1, 0.15) is 4.90 Å². The van der Waals surface area contributed by atoms with Gasteiger partial charge in [0.2, 0.25) is 10.0 Å². The van der Waals surface area contributed by atoms with Gasteiger partial charge in [-0.25, -0.2) is 8.42 Å². The molecule has 1 unspecified atom stereocenters. The Bertz CT molecular complexity index is 705. The van der Waals surface area contributed by atoms with Crippen LogP contribution in [-0.2, 0) is 15.6 Å². The van der Waals surface area contributed by atoms with E-state index >= 15 is 0 Å². The molecule has 0 aliphatic carbocycles. The van der Waals surface area contributed by atoms with Crippen LogP contribution >= 0.6 is 0 Å². The average Bonchev–Trinajstić information content (AvgIpc) is 2.79. The first-order valence-electron chi connectivity index (χ1n) is 6.61. The zero-order chi connectivity index (χ0) is 15.7. The Labute approximate surface area is 124 Å². The standard InChI is InChI=1S/C14H20N4O2S/c1-10-13(11(2)17-16-10)21(19,20)18-14(3,9-15)12-7-5-4-6-8-12/h4-8,18H,9,15H2,1-3H3,(H,16,17). The van der Waals surface area contributed by atoms with E-state index in [0.29, 0.717) is 11.4 Å². The van der Waals surface area contributed by atoms with Crippen molar-refractivity contribution in [3.05, 3.63) is 47.3 Å². The molecule has 0 saturated heterocycles. The first kappa shape index (κ1) is 15.7. The van der Waals surface area contributed by atoms with Crippen LogP contribution in [0.2, 0.25) is 0 Å². The number of nitrogens with zero attached hydrogens (tertiary/aromatic N) is 1. The first-order valence-corrected chi connectivity index (χ1v) is 8.09. The predicted molar refractivity (Wildman–Crippen MR) is 81.2 cm³/mol. The quantitative estimate of drug-likeness (QED) is 0.772. The smallest absolute Gasteiger partial charge is 0.245 e. The minimum absolute atomic E-state index is 0.145. The van der Waals surface area contributed by atoms with Crippen molar-refractivity contribution in [3.63, 3.8) is 0 Å². The van der Waals surface area contributed by atoms with E-state index in [1.165, 1.54) is 0 Å². The number of nitrogens with two attached hydrogens (primary N) is 1. The van der Waals surface area contributed by atoms with E-state index in [9.17, 15) is 8.42 Å². The minimum Gasteiger partial charge on any atom is -0.328 e. The molecule has 6 nitrogen and oxygen atoms in total. The van der Waals surface area contributed by atoms with Gasteiger partial charge in [-0.2, -0.15) is 9.82 Å². The topological polar surface area (TPSA) is 101 Å². The summed E-state index contributed by atoms with van der Waals surface area (Å²) in [5.74, 6) is 0. The molecule has 0 fully saturated rings. The van der Waals surface area contributed by atoms with Crippen LogP contribution in [-0.4, -0.2) is 25.2 Å². The Kier molecular flexibility index (Phi) is 4.18. The number of benzene rings is 1. The van der Waals surface area contributed by atoms with Crippen LogP contribution in [0.25, 0.3) is 0 Å². The third-order valence-electron chi connectivity index (χ3n) is 3.51. The maximum atomic E-state index is 12.7. The highest BCUT2D eigenvalue weighted by Crippen LogP contribution is 2.24. The molecule has 4 N–H and O–H groups in total. The molecule has 1 heterocycles. The third kappa shape index (κ3) is 2.99. The molecule has 21 heavy (non-hydrogen) atoms. The van der Waals surface area contributed by atoms with Crippen LogP contribution in [0.15, 0.2) is 35.2 Å². The molecule has 1 aromatic heterocycles. The van der Waals surface area contributed by atoms with E-state index in [0.717, 1.165) is 5.56 Å². The van der Waals surface area contributed by atoms with E-state index < -0.39 is 15.6 Å². The van der Waals surface area contributed by atoms with Gasteiger partial charge < -0.3 is 5.73 Å². The SMILES string of the molecule is Cc1n[nH]c(C)c1S(=O)(=O)NC(C)(CN)c1ccccc1. The summed E-state index contributed by atoms with van der Waals surface area (Å²) in [6.45, 7) is 5.24. The van der Waals surface area contributed by atoms with Crippen molar-refractivity contribution < 1.29 is 8.42 Å². The van der Waals surface area contributed by atoms with Crippen molar-refractivity contribution in [1.82, 2.24) is 14.9 Å². The zero-order valence-corrected chi connectivity index (χ0v) is 13.2. The number of H-pyrrole nitrogens is 1. The van der Waals surface area contributed by atoms with Crippen LogP contribution < -0.4 is 10.5 Å². The summed E-state index contributed by atoms with van der Waals surface area (Å²) in [6.07, 6.45) is 0. The van der Waals surface area contributed by atoms with Crippen molar-refractivity contribution in [2.45, 2.75) is 31.2 Å². The van der Waals surface area contributed by atoms with Crippen molar-refractivity contribution in [3.8, 4) is 0 Å². The maximum absolute atomic E-state index is 12.7. The second-order valence-electron chi connectivity index (χ2n) is 5.27. The lowest BCUT2D eigenvalue weighted by atomic mass is 9.94. The van der Waals surface area contributed by atoms with Gasteiger partial charge in [0.15, 0.2) is 0 Å². The van der Waals surface area contributed by atoms with Crippen molar-refractivity contribution >= 4 is 10.0 Å². The molecule has 0 aliphatic heterocycles. The lowest BCUT2D eigenvalue weighted by Gasteiger charge is -2.29. The van der Waals surface area contributed by atoms with Crippen molar-refractivity contribution in [2.24, 2.45) is 5.73 Å². The van der Waals surface area contributed by atoms with Crippen molar-refractivity contribution in [1.29, 1.82) is 0 Å². The summed E-state index contributed by atoms with van der Waals surface area (Å²) in [6, 6.07) is 9.28. The van der Waals surface area contributed by atoms with Gasteiger partial charge >= 0.3 is 0 Å². The number of rotatable bonds is 5. The summed E-state index contributed by atoms with van der Waals surface area (Å²) < 4.78 is 28.0. The Hall–Kier alpha value is -1.70. The predicted octanol–water partition coefficient (Wildman–Crippen LogP) is 1.18. The van der Waals surface area contributed by atoms with E-state index in [4.69, 9.17) is 5.73 Å². The molecule has 1 aromatic carbocycles. The highest BCUT2D eigenvalue weighted by molar-refractivity contribution is 7.89. The number of nitrogens with one attached hydrogen (secondary N) is 2. The molecule has 0 saturated carbocycles. The third-order valence-corrected chi connectivity index (χ3v) is 5.37. The fraction of sp³-hybridized carbons (Fsp3) is 0.357. The second kappa shape index (κ2) is 5.59. The van der Waals surface area contributed by atoms with Gasteiger partial charge in [-0.05, 0) is 26.3 Å². The molecular formula is C14H20N4O2S. The molecule has 0 aliphatic rings. The van der Waals surface area contributed by atoms with E-state index in [-0.39, 0.29) is 11.4 Å². The Balaban J connectivity index is 2.43. The molecular weight excluding hydrogens is 288 g/mol. The molecule has 114 valence electrons. The van der Waals surface area contributed by atoms with Gasteiger partial charge in [-0.1, -0.05) is 30.3 Å². The summed E-state index contributed by atoms with van der Waals surface area (Å²) in [5, 5.41) is 6.62. The van der Waals surface area contributed by atoms with Crippen LogP contribution in [0.5, 0.6) is 0 Å². The number of hydrogen-bond acceptors (Lipinski definition) is 4. The fourth-order valence-corrected chi connectivity index (χ4v) is 4.09. The summed E-state index contributed by atoms with van der Waals surface area (Å²) in [5.41, 5.74) is 6.71. The first-order chi connectivity index (χ1) is 9.80. The lowest BCUT2D eigenvalue weighted by molar-refractivity contribution is 0.441. The van der Waals surface area contributed by atoms with Gasteiger partial charge in [0, 0.05) is 6.54 Å². The number of hydrogen-bond donors (Lipinski definition) is 3. The molecule has 0 amide bonds. The number of aromatic nitrogens is 2. The largest absolute Gasteiger partial charge is 0.328 e. The van der Waals surface area contributed by atoms with Crippen LogP contribution in [0.1, 0.15) is 23.9 Å². The van der Waals surface area contributed by atoms with E-state index in [1.54, 1.807) is 20.8 Å². The molecule has 0 radical (unpaired) electrons. The normalized spacial score (nSPS) is 14.9. The van der Waals surface area contributed by atoms with E-state index in [2.05, 4.69) is 14.9 Å². The molecule has 0 bridgehead atoms. The molecule has 2 aromatic rings. The van der Waals surface area contributed by atoms with Crippen LogP contribution in [0, 0.1) is 13.8 Å². The Morgan fingerprint density at radius 2 is 1.90 bits per heavy atom. The number of aryl methyl sites for hydroxylation is 2. The maximum Gasteiger partial charge on any atom is 0.245 e. The highest BCUT2D eigenvalue weighted by atomic mass is 32.2. The molecule has 0 spiro atoms. The fourth-order valence-electron chi connectivity index (χ4n) is 2.31. The Morgan fingerprint density at radius 3 is 2.38 bits per heavy atom. The van der Waals surface area contributed by atoms with Crippen molar-refractivity contribution in [2.75, 3.05) is 6.54 Å². The van der Waals surface area contributed by atoms with Gasteiger partial charge in [-0.3, -0.25) is 5.10 Å². The van der Waals surface area contributed by atoms with Crippen LogP contribution in [0.3, 0.4) is 0 Å². The molecule has 2 rings (SSSR count). The van der Waals surface area contributed by atoms with Crippen LogP contribution in [0.4, 0.5) is 0 Å². The lowest BCUT2D eigenvalue weighted by Crippen LogP contribution is -2.48. The number of sulfonamides is 1. The highest BCUT2D eigenvalue weighted by Gasteiger charge is 2.33. The van der Waals surface area contributed by atoms with Gasteiger partial charge in [0.25, 0.3) is 0 Å².